The number of fused-ring (bicyclic) bond motifs is 1. The normalized spacial score (nSPS) is 36.7. The smallest absolute Gasteiger partial charge is 0.335 e. The Labute approximate surface area is 307 Å². The first-order valence-corrected chi connectivity index (χ1v) is 16.5. The van der Waals surface area contributed by atoms with Gasteiger partial charge in [-0.3, -0.25) is 4.79 Å². The molecule has 22 nitrogen and oxygen atoms in total. The molecular formula is C33H38O22. The van der Waals surface area contributed by atoms with E-state index >= 15 is 0 Å². The number of hydrogen-bond acceptors (Lipinski definition) is 21. The molecule has 3 aliphatic rings. The van der Waals surface area contributed by atoms with Gasteiger partial charge in [0, 0.05) is 17.7 Å². The molecule has 2 aromatic carbocycles. The summed E-state index contributed by atoms with van der Waals surface area (Å²) < 4.78 is 39.2. The summed E-state index contributed by atoms with van der Waals surface area (Å²) in [5, 5.41) is 133. The van der Waals surface area contributed by atoms with Crippen LogP contribution in [0.4, 0.5) is 0 Å². The van der Waals surface area contributed by atoms with Gasteiger partial charge in [-0.05, 0) is 24.3 Å². The van der Waals surface area contributed by atoms with Crippen LogP contribution in [0.1, 0.15) is 0 Å². The molecule has 6 rings (SSSR count). The first-order chi connectivity index (χ1) is 26.1. The lowest BCUT2D eigenvalue weighted by Crippen LogP contribution is -2.65. The van der Waals surface area contributed by atoms with E-state index in [0.29, 0.717) is 0 Å². The number of carbonyl (C=O) groups is 1. The first kappa shape index (κ1) is 40.4. The van der Waals surface area contributed by atoms with Crippen LogP contribution < -0.4 is 14.9 Å². The number of phenolic OH excluding ortho intramolecular Hbond substituents is 2. The topological polar surface area (TPSA) is 366 Å². The van der Waals surface area contributed by atoms with Crippen LogP contribution in [-0.4, -0.2) is 178 Å². The SMILES string of the molecule is O=C(O)C1O[C@@H](Oc2cc(O)c3c(=O)c(O[C@@H]4OC(CO)[C@@H](O)C(O)C4O[C@@H]4OC(CO)[C@@H](O)C(O)[C@H]4O)c(-c4ccc(O)cc4)oc3c2)C(O)[C@@H](O)[C@@H]1O. The maximum absolute atomic E-state index is 14.2. The summed E-state index contributed by atoms with van der Waals surface area (Å²) in [7, 11) is 0. The Morgan fingerprint density at radius 2 is 1.25 bits per heavy atom. The van der Waals surface area contributed by atoms with E-state index in [2.05, 4.69) is 0 Å². The van der Waals surface area contributed by atoms with Crippen LogP contribution in [0.2, 0.25) is 0 Å². The Hall–Kier alpha value is -4.24. The molecule has 0 amide bonds. The van der Waals surface area contributed by atoms with E-state index in [1.165, 1.54) is 24.3 Å². The second-order valence-electron chi connectivity index (χ2n) is 12.9. The highest BCUT2D eigenvalue weighted by atomic mass is 16.8. The van der Waals surface area contributed by atoms with Gasteiger partial charge in [0.2, 0.25) is 23.8 Å². The van der Waals surface area contributed by atoms with Gasteiger partial charge in [0.25, 0.3) is 0 Å². The van der Waals surface area contributed by atoms with Gasteiger partial charge >= 0.3 is 5.97 Å². The molecule has 302 valence electrons. The fourth-order valence-electron chi connectivity index (χ4n) is 6.27. The number of carboxylic acid groups (broad SMARTS) is 1. The molecule has 7 unspecified atom stereocenters. The molecule has 0 aliphatic carbocycles. The monoisotopic (exact) mass is 786 g/mol. The molecule has 15 atom stereocenters. The molecule has 0 spiro atoms. The van der Waals surface area contributed by atoms with E-state index in [9.17, 15) is 76.0 Å². The number of aromatic hydroxyl groups is 2. The van der Waals surface area contributed by atoms with Crippen molar-refractivity contribution in [2.24, 2.45) is 0 Å². The number of phenols is 2. The molecule has 3 aromatic rings. The maximum Gasteiger partial charge on any atom is 0.335 e. The van der Waals surface area contributed by atoms with Crippen LogP contribution in [0.5, 0.6) is 23.0 Å². The zero-order chi connectivity index (χ0) is 40.0. The third-order valence-corrected chi connectivity index (χ3v) is 9.30. The van der Waals surface area contributed by atoms with Crippen molar-refractivity contribution in [1.29, 1.82) is 0 Å². The van der Waals surface area contributed by atoms with Crippen molar-refractivity contribution < 1.29 is 104 Å². The van der Waals surface area contributed by atoms with Crippen LogP contribution in [0.25, 0.3) is 22.3 Å². The molecule has 3 saturated heterocycles. The minimum atomic E-state index is -2.03. The van der Waals surface area contributed by atoms with E-state index in [0.717, 1.165) is 12.1 Å². The van der Waals surface area contributed by atoms with Gasteiger partial charge in [-0.15, -0.1) is 0 Å². The minimum absolute atomic E-state index is 0.0339. The predicted octanol–water partition coefficient (Wildman–Crippen LogP) is -4.85. The largest absolute Gasteiger partial charge is 0.508 e. The molecule has 0 radical (unpaired) electrons. The average Bonchev–Trinajstić information content (AvgIpc) is 3.15. The number of aliphatic carboxylic acids is 1. The van der Waals surface area contributed by atoms with Gasteiger partial charge in [-0.1, -0.05) is 0 Å². The molecular weight excluding hydrogens is 748 g/mol. The Morgan fingerprint density at radius 3 is 1.87 bits per heavy atom. The molecule has 55 heavy (non-hydrogen) atoms. The number of carboxylic acids is 1. The summed E-state index contributed by atoms with van der Waals surface area (Å²) in [5.74, 6) is -4.37. The van der Waals surface area contributed by atoms with Crippen LogP contribution in [0, 0.1) is 0 Å². The summed E-state index contributed by atoms with van der Waals surface area (Å²) in [5.41, 5.74) is -1.53. The molecule has 0 saturated carbocycles. The summed E-state index contributed by atoms with van der Waals surface area (Å²) in [6.45, 7) is -1.76. The zero-order valence-corrected chi connectivity index (χ0v) is 28.0. The van der Waals surface area contributed by atoms with Gasteiger partial charge in [-0.2, -0.15) is 0 Å². The van der Waals surface area contributed by atoms with E-state index in [1.54, 1.807) is 0 Å². The van der Waals surface area contributed by atoms with Crippen molar-refractivity contribution in [3.63, 3.8) is 0 Å². The molecule has 1 aromatic heterocycles. The predicted molar refractivity (Wildman–Crippen MR) is 173 cm³/mol. The Kier molecular flexibility index (Phi) is 11.8. The van der Waals surface area contributed by atoms with Crippen molar-refractivity contribution in [2.75, 3.05) is 13.2 Å². The standard InChI is InChI=1S/C33H38O22/c34-7-14-17(38)20(41)24(45)32(51-14)55-29-22(43)18(39)15(8-35)52-33(29)53-27-19(40)16-12(37)5-11(6-13(16)50-26(27)9-1-3-10(36)4-2-9)49-31-25(46)21(42)23(44)28(54-31)30(47)48/h1-6,14-15,17-18,20-25,28-29,31-39,41-46H,7-8H2,(H,47,48)/t14?,15?,17-,18-,20?,21+,22?,23+,24-,25?,28?,29?,31-,32+,33+/m1/s1. The van der Waals surface area contributed by atoms with E-state index < -0.39 is 151 Å². The van der Waals surface area contributed by atoms with Gasteiger partial charge in [0.1, 0.15) is 89.3 Å². The molecule has 3 fully saturated rings. The summed E-state index contributed by atoms with van der Waals surface area (Å²) in [6.07, 6.45) is -28.6. The number of hydrogen-bond donors (Lipinski definition) is 13. The zero-order valence-electron chi connectivity index (χ0n) is 28.0. The van der Waals surface area contributed by atoms with E-state index in [1.807, 2.05) is 0 Å². The lowest BCUT2D eigenvalue weighted by molar-refractivity contribution is -0.358. The molecule has 0 bridgehead atoms. The second kappa shape index (κ2) is 16.1. The van der Waals surface area contributed by atoms with Gasteiger partial charge in [0.15, 0.2) is 24.3 Å². The van der Waals surface area contributed by atoms with Gasteiger partial charge < -0.3 is 99.2 Å². The minimum Gasteiger partial charge on any atom is -0.508 e. The fraction of sp³-hybridized carbons (Fsp3) is 0.515. The van der Waals surface area contributed by atoms with Gasteiger partial charge in [0.05, 0.1) is 13.2 Å². The Balaban J connectivity index is 1.41. The highest BCUT2D eigenvalue weighted by Gasteiger charge is 2.52. The average molecular weight is 787 g/mol. The summed E-state index contributed by atoms with van der Waals surface area (Å²) in [6, 6.07) is 6.79. The van der Waals surface area contributed by atoms with Crippen LogP contribution in [-0.2, 0) is 23.7 Å². The van der Waals surface area contributed by atoms with Crippen LogP contribution in [0.15, 0.2) is 45.6 Å². The van der Waals surface area contributed by atoms with Crippen molar-refractivity contribution in [3.05, 3.63) is 46.6 Å². The van der Waals surface area contributed by atoms with Gasteiger partial charge in [-0.25, -0.2) is 4.79 Å². The van der Waals surface area contributed by atoms with Crippen LogP contribution in [0.3, 0.4) is 0 Å². The lowest BCUT2D eigenvalue weighted by atomic mass is 9.97. The highest BCUT2D eigenvalue weighted by molar-refractivity contribution is 5.88. The second-order valence-corrected chi connectivity index (χ2v) is 12.9. The summed E-state index contributed by atoms with van der Waals surface area (Å²) >= 11 is 0. The van der Waals surface area contributed by atoms with Crippen molar-refractivity contribution in [2.45, 2.75) is 92.1 Å². The fourth-order valence-corrected chi connectivity index (χ4v) is 6.27. The molecule has 13 N–H and O–H groups in total. The molecule has 4 heterocycles. The number of ether oxygens (including phenoxy) is 6. The van der Waals surface area contributed by atoms with Crippen molar-refractivity contribution >= 4 is 16.9 Å². The maximum atomic E-state index is 14.2. The quantitative estimate of drug-likeness (QED) is 0.0916. The van der Waals surface area contributed by atoms with E-state index in [-0.39, 0.29) is 11.3 Å². The highest BCUT2D eigenvalue weighted by Crippen LogP contribution is 2.39. The van der Waals surface area contributed by atoms with Crippen molar-refractivity contribution in [3.8, 4) is 34.3 Å². The Morgan fingerprint density at radius 1 is 0.673 bits per heavy atom. The molecule has 22 heteroatoms. The first-order valence-electron chi connectivity index (χ1n) is 16.5. The molecule has 3 aliphatic heterocycles. The van der Waals surface area contributed by atoms with E-state index in [4.69, 9.17) is 32.8 Å². The number of benzene rings is 2. The number of rotatable bonds is 10. The van der Waals surface area contributed by atoms with Crippen LogP contribution >= 0.6 is 0 Å². The lowest BCUT2D eigenvalue weighted by Gasteiger charge is -2.45. The van der Waals surface area contributed by atoms with Crippen molar-refractivity contribution in [1.82, 2.24) is 0 Å². The third kappa shape index (κ3) is 7.66. The Bertz CT molecular complexity index is 1880. The third-order valence-electron chi connectivity index (χ3n) is 9.30. The number of aliphatic hydroxyl groups excluding tert-OH is 10. The number of aliphatic hydroxyl groups is 10. The summed E-state index contributed by atoms with van der Waals surface area (Å²) in [4.78, 5) is 25.8.